The monoisotopic (exact) mass is 265 g/mol. The second-order valence-corrected chi connectivity index (χ2v) is 5.96. The first-order chi connectivity index (χ1) is 6.97. The minimum Gasteiger partial charge on any atom is -0.229 e. The number of rotatable bonds is 2. The lowest BCUT2D eigenvalue weighted by molar-refractivity contribution is 0.608. The van der Waals surface area contributed by atoms with Crippen LogP contribution < -0.4 is 0 Å². The van der Waals surface area contributed by atoms with Crippen LogP contribution in [-0.4, -0.2) is 23.0 Å². The molecular formula is C7H5Cl2N3O2S. The Hall–Kier alpha value is -0.850. The Labute approximate surface area is 95.1 Å². The minimum atomic E-state index is -3.66. The van der Waals surface area contributed by atoms with Crippen molar-refractivity contribution in [3.63, 3.8) is 0 Å². The van der Waals surface area contributed by atoms with E-state index in [9.17, 15) is 8.42 Å². The number of hydrogen-bond donors (Lipinski definition) is 0. The lowest BCUT2D eigenvalue weighted by Gasteiger charge is -1.92. The average Bonchev–Trinajstić information content (AvgIpc) is 2.42. The first-order valence-electron chi connectivity index (χ1n) is 3.88. The molecule has 2 aromatic heterocycles. The number of nitrogens with zero attached hydrogens (tertiary/aromatic N) is 3. The van der Waals surface area contributed by atoms with Crippen molar-refractivity contribution in [2.24, 2.45) is 0 Å². The van der Waals surface area contributed by atoms with Crippen molar-refractivity contribution in [1.82, 2.24) is 14.6 Å². The zero-order valence-corrected chi connectivity index (χ0v) is 9.59. The van der Waals surface area contributed by atoms with E-state index < -0.39 is 14.8 Å². The van der Waals surface area contributed by atoms with Gasteiger partial charge in [-0.15, -0.1) is 0 Å². The summed E-state index contributed by atoms with van der Waals surface area (Å²) < 4.78 is 23.1. The topological polar surface area (TPSA) is 64.3 Å². The van der Waals surface area contributed by atoms with Crippen LogP contribution in [0, 0.1) is 0 Å². The van der Waals surface area contributed by atoms with E-state index in [1.54, 1.807) is 12.1 Å². The van der Waals surface area contributed by atoms with Gasteiger partial charge in [0.25, 0.3) is 0 Å². The summed E-state index contributed by atoms with van der Waals surface area (Å²) in [7, 11) is 1.45. The van der Waals surface area contributed by atoms with Gasteiger partial charge in [0.05, 0.1) is 5.69 Å². The molecular weight excluding hydrogens is 261 g/mol. The Morgan fingerprint density at radius 2 is 2.20 bits per heavy atom. The SMILES string of the molecule is O=S(=O)(Cl)Cc1nc2cccnn2c1Cl. The second kappa shape index (κ2) is 3.62. The number of hydrogen-bond acceptors (Lipinski definition) is 4. The van der Waals surface area contributed by atoms with E-state index in [0.29, 0.717) is 5.65 Å². The number of fused-ring (bicyclic) bond motifs is 1. The molecule has 0 amide bonds. The van der Waals surface area contributed by atoms with E-state index >= 15 is 0 Å². The van der Waals surface area contributed by atoms with Crippen molar-refractivity contribution in [2.75, 3.05) is 0 Å². The van der Waals surface area contributed by atoms with Crippen molar-refractivity contribution >= 4 is 37.0 Å². The van der Waals surface area contributed by atoms with Crippen LogP contribution in [0.25, 0.3) is 5.65 Å². The van der Waals surface area contributed by atoms with Crippen molar-refractivity contribution in [3.8, 4) is 0 Å². The molecule has 2 aromatic rings. The zero-order chi connectivity index (χ0) is 11.1. The zero-order valence-electron chi connectivity index (χ0n) is 7.26. The Morgan fingerprint density at radius 3 is 2.80 bits per heavy atom. The minimum absolute atomic E-state index is 0.162. The molecule has 0 unspecified atom stereocenters. The number of aromatic nitrogens is 3. The largest absolute Gasteiger partial charge is 0.238 e. The van der Waals surface area contributed by atoms with Gasteiger partial charge in [-0.2, -0.15) is 5.10 Å². The predicted molar refractivity (Wildman–Crippen MR) is 56.5 cm³/mol. The summed E-state index contributed by atoms with van der Waals surface area (Å²) in [6.07, 6.45) is 1.53. The van der Waals surface area contributed by atoms with Crippen molar-refractivity contribution in [2.45, 2.75) is 5.75 Å². The van der Waals surface area contributed by atoms with Crippen LogP contribution in [0.5, 0.6) is 0 Å². The van der Waals surface area contributed by atoms with Crippen LogP contribution >= 0.6 is 22.3 Å². The fourth-order valence-electron chi connectivity index (χ4n) is 1.16. The summed E-state index contributed by atoms with van der Waals surface area (Å²) in [6.45, 7) is 0. The van der Waals surface area contributed by atoms with Gasteiger partial charge in [-0.1, -0.05) is 11.6 Å². The highest BCUT2D eigenvalue weighted by atomic mass is 35.7. The van der Waals surface area contributed by atoms with Gasteiger partial charge in [-0.05, 0) is 12.1 Å². The standard InChI is InChI=1S/C7H5Cl2N3O2S/c8-7-5(4-15(9,13)14)11-6-2-1-3-10-12(6)7/h1-3H,4H2. The van der Waals surface area contributed by atoms with E-state index in [0.717, 1.165) is 0 Å². The first-order valence-corrected chi connectivity index (χ1v) is 6.73. The van der Waals surface area contributed by atoms with Gasteiger partial charge in [0.15, 0.2) is 10.8 Å². The fraction of sp³-hybridized carbons (Fsp3) is 0.143. The Bertz CT molecular complexity index is 608. The van der Waals surface area contributed by atoms with E-state index in [1.165, 1.54) is 10.7 Å². The van der Waals surface area contributed by atoms with Gasteiger partial charge >= 0.3 is 0 Å². The van der Waals surface area contributed by atoms with Gasteiger partial charge in [-0.25, -0.2) is 17.9 Å². The molecule has 0 radical (unpaired) electrons. The molecule has 0 saturated carbocycles. The van der Waals surface area contributed by atoms with Gasteiger partial charge in [0.2, 0.25) is 9.05 Å². The molecule has 5 nitrogen and oxygen atoms in total. The highest BCUT2D eigenvalue weighted by Gasteiger charge is 2.16. The summed E-state index contributed by atoms with van der Waals surface area (Å²) in [5, 5.41) is 4.08. The molecule has 0 aliphatic rings. The van der Waals surface area contributed by atoms with Gasteiger partial charge < -0.3 is 0 Å². The predicted octanol–water partition coefficient (Wildman–Crippen LogP) is 1.45. The molecule has 0 saturated heterocycles. The molecule has 0 aromatic carbocycles. The van der Waals surface area contributed by atoms with E-state index in [4.69, 9.17) is 22.3 Å². The third-order valence-corrected chi connectivity index (χ3v) is 3.04. The Balaban J connectivity index is 2.58. The molecule has 0 N–H and O–H groups in total. The first kappa shape index (κ1) is 10.7. The van der Waals surface area contributed by atoms with Crippen LogP contribution in [0.15, 0.2) is 18.3 Å². The molecule has 0 fully saturated rings. The van der Waals surface area contributed by atoms with Crippen LogP contribution in [0.4, 0.5) is 0 Å². The van der Waals surface area contributed by atoms with Crippen LogP contribution in [0.3, 0.4) is 0 Å². The van der Waals surface area contributed by atoms with Gasteiger partial charge in [0.1, 0.15) is 5.75 Å². The van der Waals surface area contributed by atoms with Crippen LogP contribution in [-0.2, 0) is 14.8 Å². The number of imidazole rings is 1. The highest BCUT2D eigenvalue weighted by molar-refractivity contribution is 8.13. The molecule has 80 valence electrons. The molecule has 15 heavy (non-hydrogen) atoms. The molecule has 0 aliphatic carbocycles. The van der Waals surface area contributed by atoms with Crippen LogP contribution in [0.1, 0.15) is 5.69 Å². The van der Waals surface area contributed by atoms with Crippen LogP contribution in [0.2, 0.25) is 5.15 Å². The summed E-state index contributed by atoms with van der Waals surface area (Å²) in [5.41, 5.74) is 0.684. The summed E-state index contributed by atoms with van der Waals surface area (Å²) >= 11 is 5.88. The maximum absolute atomic E-state index is 10.9. The summed E-state index contributed by atoms with van der Waals surface area (Å²) in [6, 6.07) is 3.35. The van der Waals surface area contributed by atoms with Gasteiger partial charge in [-0.3, -0.25) is 0 Å². The van der Waals surface area contributed by atoms with Crippen molar-refractivity contribution in [3.05, 3.63) is 29.2 Å². The highest BCUT2D eigenvalue weighted by Crippen LogP contribution is 2.20. The third-order valence-electron chi connectivity index (χ3n) is 1.71. The van der Waals surface area contributed by atoms with E-state index in [1.807, 2.05) is 0 Å². The van der Waals surface area contributed by atoms with Gasteiger partial charge in [0, 0.05) is 16.9 Å². The summed E-state index contributed by atoms with van der Waals surface area (Å²) in [4.78, 5) is 4.00. The Kier molecular flexibility index (Phi) is 2.57. The molecule has 0 bridgehead atoms. The lowest BCUT2D eigenvalue weighted by Crippen LogP contribution is -1.96. The quantitative estimate of drug-likeness (QED) is 0.772. The molecule has 2 heterocycles. The fourth-order valence-corrected chi connectivity index (χ4v) is 2.32. The molecule has 2 rings (SSSR count). The average molecular weight is 266 g/mol. The lowest BCUT2D eigenvalue weighted by atomic mass is 10.5. The smallest absolute Gasteiger partial charge is 0.229 e. The second-order valence-electron chi connectivity index (χ2n) is 2.83. The summed E-state index contributed by atoms with van der Waals surface area (Å²) in [5.74, 6) is -0.406. The van der Waals surface area contributed by atoms with Crippen molar-refractivity contribution in [1.29, 1.82) is 0 Å². The molecule has 8 heteroatoms. The molecule has 0 spiro atoms. The molecule has 0 aliphatic heterocycles. The Morgan fingerprint density at radius 1 is 1.47 bits per heavy atom. The third kappa shape index (κ3) is 2.22. The maximum Gasteiger partial charge on any atom is 0.238 e. The van der Waals surface area contributed by atoms with Crippen molar-refractivity contribution < 1.29 is 8.42 Å². The number of halogens is 2. The normalized spacial score (nSPS) is 12.1. The molecule has 0 atom stereocenters. The van der Waals surface area contributed by atoms with E-state index in [2.05, 4.69) is 10.1 Å². The van der Waals surface area contributed by atoms with E-state index in [-0.39, 0.29) is 10.8 Å². The maximum atomic E-state index is 10.9.